The highest BCUT2D eigenvalue weighted by Crippen LogP contribution is 2.16. The summed E-state index contributed by atoms with van der Waals surface area (Å²) < 4.78 is 1.76. The number of pyridine rings is 1. The van der Waals surface area contributed by atoms with Crippen LogP contribution in [0.3, 0.4) is 0 Å². The topological polar surface area (TPSA) is 46.4 Å². The maximum atomic E-state index is 12.1. The third-order valence-electron chi connectivity index (χ3n) is 2.65. The number of imidazole rings is 1. The van der Waals surface area contributed by atoms with Crippen molar-refractivity contribution in [3.8, 4) is 0 Å². The summed E-state index contributed by atoms with van der Waals surface area (Å²) in [7, 11) is 0. The van der Waals surface area contributed by atoms with Gasteiger partial charge in [0.05, 0.1) is 5.69 Å². The summed E-state index contributed by atoms with van der Waals surface area (Å²) in [6.07, 6.45) is 1.77. The largest absolute Gasteiger partial charge is 0.350 e. The predicted molar refractivity (Wildman–Crippen MR) is 72.1 cm³/mol. The van der Waals surface area contributed by atoms with Crippen molar-refractivity contribution in [1.29, 1.82) is 0 Å². The van der Waals surface area contributed by atoms with E-state index in [1.807, 2.05) is 6.92 Å². The standard InChI is InChI=1S/C13H16ClN3O/c1-8(2)7-15-13(18)12-9(3)16-11-6-10(14)4-5-17(11)12/h4-6,8H,7H2,1-3H3,(H,15,18). The highest BCUT2D eigenvalue weighted by Gasteiger charge is 2.16. The zero-order valence-corrected chi connectivity index (χ0v) is 11.5. The SMILES string of the molecule is Cc1nc2cc(Cl)ccn2c1C(=O)NCC(C)C. The van der Waals surface area contributed by atoms with E-state index in [1.165, 1.54) is 0 Å². The number of nitrogens with zero attached hydrogens (tertiary/aromatic N) is 2. The molecule has 0 aromatic carbocycles. The summed E-state index contributed by atoms with van der Waals surface area (Å²) >= 11 is 5.91. The lowest BCUT2D eigenvalue weighted by Gasteiger charge is -2.08. The molecule has 0 spiro atoms. The minimum atomic E-state index is -0.101. The Bertz CT molecular complexity index is 589. The molecule has 0 unspecified atom stereocenters. The molecule has 0 aliphatic heterocycles. The summed E-state index contributed by atoms with van der Waals surface area (Å²) in [6, 6.07) is 3.49. The van der Waals surface area contributed by atoms with Gasteiger partial charge in [0.15, 0.2) is 0 Å². The molecule has 0 saturated carbocycles. The normalized spacial score (nSPS) is 11.2. The van der Waals surface area contributed by atoms with Crippen molar-refractivity contribution < 1.29 is 4.79 Å². The number of amides is 1. The number of rotatable bonds is 3. The second kappa shape index (κ2) is 4.98. The first-order valence-electron chi connectivity index (χ1n) is 5.91. The van der Waals surface area contributed by atoms with Crippen molar-refractivity contribution in [2.75, 3.05) is 6.54 Å². The number of halogens is 1. The van der Waals surface area contributed by atoms with Gasteiger partial charge in [0.2, 0.25) is 0 Å². The molecule has 5 heteroatoms. The van der Waals surface area contributed by atoms with E-state index in [0.717, 1.165) is 0 Å². The van der Waals surface area contributed by atoms with Gasteiger partial charge in [-0.05, 0) is 18.9 Å². The summed E-state index contributed by atoms with van der Waals surface area (Å²) in [5.41, 5.74) is 1.97. The molecule has 2 rings (SSSR count). The zero-order valence-electron chi connectivity index (χ0n) is 10.7. The fourth-order valence-corrected chi connectivity index (χ4v) is 1.95. The summed E-state index contributed by atoms with van der Waals surface area (Å²) in [4.78, 5) is 16.5. The van der Waals surface area contributed by atoms with Crippen molar-refractivity contribution in [1.82, 2.24) is 14.7 Å². The van der Waals surface area contributed by atoms with Gasteiger partial charge >= 0.3 is 0 Å². The molecule has 0 aliphatic carbocycles. The summed E-state index contributed by atoms with van der Waals surface area (Å²) in [6.45, 7) is 6.59. The Morgan fingerprint density at radius 2 is 2.28 bits per heavy atom. The average molecular weight is 266 g/mol. The maximum Gasteiger partial charge on any atom is 0.270 e. The van der Waals surface area contributed by atoms with Crippen molar-refractivity contribution in [2.45, 2.75) is 20.8 Å². The van der Waals surface area contributed by atoms with Crippen molar-refractivity contribution in [2.24, 2.45) is 5.92 Å². The summed E-state index contributed by atoms with van der Waals surface area (Å²) in [5.74, 6) is 0.318. The van der Waals surface area contributed by atoms with Gasteiger partial charge in [0, 0.05) is 23.8 Å². The van der Waals surface area contributed by atoms with Crippen molar-refractivity contribution >= 4 is 23.2 Å². The molecule has 0 aliphatic rings. The molecule has 96 valence electrons. The number of hydrogen-bond donors (Lipinski definition) is 1. The quantitative estimate of drug-likeness (QED) is 0.927. The molecule has 1 N–H and O–H groups in total. The molecule has 0 radical (unpaired) electrons. The average Bonchev–Trinajstić information content (AvgIpc) is 2.61. The van der Waals surface area contributed by atoms with Gasteiger partial charge in [-0.15, -0.1) is 0 Å². The highest BCUT2D eigenvalue weighted by molar-refractivity contribution is 6.30. The lowest BCUT2D eigenvalue weighted by molar-refractivity contribution is 0.0942. The molecule has 0 bridgehead atoms. The molecular weight excluding hydrogens is 250 g/mol. The van der Waals surface area contributed by atoms with Crippen molar-refractivity contribution in [3.63, 3.8) is 0 Å². The molecule has 0 fully saturated rings. The molecule has 2 aromatic heterocycles. The van der Waals surface area contributed by atoms with Gasteiger partial charge in [-0.2, -0.15) is 0 Å². The first kappa shape index (κ1) is 12.9. The van der Waals surface area contributed by atoms with Gasteiger partial charge in [0.25, 0.3) is 5.91 Å². The second-order valence-corrected chi connectivity index (χ2v) is 5.16. The second-order valence-electron chi connectivity index (χ2n) is 4.72. The Balaban J connectivity index is 2.38. The third kappa shape index (κ3) is 2.48. The van der Waals surface area contributed by atoms with Crippen LogP contribution >= 0.6 is 11.6 Å². The Morgan fingerprint density at radius 3 is 2.94 bits per heavy atom. The number of nitrogens with one attached hydrogen (secondary N) is 1. The Hall–Kier alpha value is -1.55. The lowest BCUT2D eigenvalue weighted by Crippen LogP contribution is -2.28. The monoisotopic (exact) mass is 265 g/mol. The van der Waals surface area contributed by atoms with Crippen LogP contribution in [0.15, 0.2) is 18.3 Å². The fourth-order valence-electron chi connectivity index (χ4n) is 1.79. The summed E-state index contributed by atoms with van der Waals surface area (Å²) in [5, 5.41) is 3.51. The number of aryl methyl sites for hydroxylation is 1. The number of carbonyl (C=O) groups excluding carboxylic acids is 1. The van der Waals surface area contributed by atoms with Crippen LogP contribution in [0.5, 0.6) is 0 Å². The van der Waals surface area contributed by atoms with Crippen LogP contribution in [0.2, 0.25) is 5.02 Å². The maximum absolute atomic E-state index is 12.1. The van der Waals surface area contributed by atoms with Crippen LogP contribution in [-0.2, 0) is 0 Å². The molecule has 1 amide bonds. The van der Waals surface area contributed by atoms with Crippen LogP contribution in [-0.4, -0.2) is 21.8 Å². The minimum absolute atomic E-state index is 0.101. The first-order valence-corrected chi connectivity index (χ1v) is 6.29. The Morgan fingerprint density at radius 1 is 1.56 bits per heavy atom. The molecule has 2 heterocycles. The van der Waals surface area contributed by atoms with E-state index in [4.69, 9.17) is 11.6 Å². The van der Waals surface area contributed by atoms with Crippen LogP contribution in [0.4, 0.5) is 0 Å². The van der Waals surface area contributed by atoms with Gasteiger partial charge in [-0.1, -0.05) is 25.4 Å². The number of carbonyl (C=O) groups is 1. The minimum Gasteiger partial charge on any atom is -0.350 e. The first-order chi connectivity index (χ1) is 8.49. The number of hydrogen-bond acceptors (Lipinski definition) is 2. The van der Waals surface area contributed by atoms with Crippen molar-refractivity contribution in [3.05, 3.63) is 34.7 Å². The van der Waals surface area contributed by atoms with E-state index >= 15 is 0 Å². The molecule has 2 aromatic rings. The van der Waals surface area contributed by atoms with E-state index < -0.39 is 0 Å². The van der Waals surface area contributed by atoms with Gasteiger partial charge < -0.3 is 5.32 Å². The molecule has 0 atom stereocenters. The van der Waals surface area contributed by atoms with E-state index in [9.17, 15) is 4.79 Å². The van der Waals surface area contributed by atoms with E-state index in [1.54, 1.807) is 22.7 Å². The lowest BCUT2D eigenvalue weighted by atomic mass is 10.2. The third-order valence-corrected chi connectivity index (χ3v) is 2.88. The molecule has 18 heavy (non-hydrogen) atoms. The highest BCUT2D eigenvalue weighted by atomic mass is 35.5. The van der Waals surface area contributed by atoms with Gasteiger partial charge in [-0.3, -0.25) is 9.20 Å². The zero-order chi connectivity index (χ0) is 13.3. The van der Waals surface area contributed by atoms with Crippen LogP contribution < -0.4 is 5.32 Å². The Labute approximate surface area is 111 Å². The van der Waals surface area contributed by atoms with E-state index in [2.05, 4.69) is 24.1 Å². The molecule has 0 saturated heterocycles. The smallest absolute Gasteiger partial charge is 0.270 e. The van der Waals surface area contributed by atoms with E-state index in [0.29, 0.717) is 34.5 Å². The van der Waals surface area contributed by atoms with Crippen LogP contribution in [0, 0.1) is 12.8 Å². The van der Waals surface area contributed by atoms with Gasteiger partial charge in [-0.25, -0.2) is 4.98 Å². The number of aromatic nitrogens is 2. The van der Waals surface area contributed by atoms with Crippen LogP contribution in [0.25, 0.3) is 5.65 Å². The van der Waals surface area contributed by atoms with Crippen LogP contribution in [0.1, 0.15) is 30.0 Å². The van der Waals surface area contributed by atoms with E-state index in [-0.39, 0.29) is 5.91 Å². The fraction of sp³-hybridized carbons (Fsp3) is 0.385. The molecular formula is C13H16ClN3O. The molecule has 4 nitrogen and oxygen atoms in total. The predicted octanol–water partition coefficient (Wildman–Crippen LogP) is 2.68. The van der Waals surface area contributed by atoms with Gasteiger partial charge in [0.1, 0.15) is 11.3 Å². The number of fused-ring (bicyclic) bond motifs is 1. The Kier molecular flexibility index (Phi) is 3.57.